The number of hydrogen-bond donors (Lipinski definition) is 1. The Hall–Kier alpha value is -1.35. The molecule has 1 saturated heterocycles. The summed E-state index contributed by atoms with van der Waals surface area (Å²) in [6.07, 6.45) is 6.56. The maximum absolute atomic E-state index is 11.1. The van der Waals surface area contributed by atoms with E-state index in [1.165, 1.54) is 36.8 Å². The molecule has 3 nitrogen and oxygen atoms in total. The van der Waals surface area contributed by atoms with Crippen LogP contribution < -0.4 is 0 Å². The summed E-state index contributed by atoms with van der Waals surface area (Å²) in [5.74, 6) is -0.752. The van der Waals surface area contributed by atoms with Gasteiger partial charge in [0.15, 0.2) is 0 Å². The molecule has 1 aromatic carbocycles. The van der Waals surface area contributed by atoms with E-state index in [1.807, 2.05) is 0 Å². The fourth-order valence-electron chi connectivity index (χ4n) is 3.73. The number of nitrogens with zero attached hydrogens (tertiary/aromatic N) is 1. The quantitative estimate of drug-likeness (QED) is 0.841. The Labute approximate surface area is 120 Å². The van der Waals surface area contributed by atoms with Crippen molar-refractivity contribution < 1.29 is 9.90 Å². The zero-order valence-electron chi connectivity index (χ0n) is 11.9. The van der Waals surface area contributed by atoms with Gasteiger partial charge in [0.1, 0.15) is 0 Å². The molecule has 0 amide bonds. The Kier molecular flexibility index (Phi) is 4.06. The first-order valence-electron chi connectivity index (χ1n) is 7.80. The Morgan fingerprint density at radius 3 is 2.60 bits per heavy atom. The van der Waals surface area contributed by atoms with Crippen LogP contribution in [0, 0.1) is 5.92 Å². The molecule has 20 heavy (non-hydrogen) atoms. The van der Waals surface area contributed by atoms with Gasteiger partial charge in [-0.25, -0.2) is 0 Å². The number of aryl methyl sites for hydroxylation is 1. The summed E-state index contributed by atoms with van der Waals surface area (Å²) in [5.41, 5.74) is 2.98. The van der Waals surface area contributed by atoms with Gasteiger partial charge in [-0.15, -0.1) is 0 Å². The molecule has 0 bridgehead atoms. The first kappa shape index (κ1) is 13.6. The van der Waals surface area contributed by atoms with Gasteiger partial charge in [0.25, 0.3) is 0 Å². The van der Waals surface area contributed by atoms with Crippen LogP contribution in [-0.2, 0) is 11.2 Å². The van der Waals surface area contributed by atoms with E-state index in [1.54, 1.807) is 0 Å². The monoisotopic (exact) mass is 273 g/mol. The number of carboxylic acid groups (broad SMARTS) is 1. The maximum Gasteiger partial charge on any atom is 0.306 e. The lowest BCUT2D eigenvalue weighted by atomic mass is 9.92. The molecule has 1 unspecified atom stereocenters. The van der Waals surface area contributed by atoms with E-state index in [2.05, 4.69) is 29.2 Å². The summed E-state index contributed by atoms with van der Waals surface area (Å²) < 4.78 is 0. The number of carboxylic acids is 1. The van der Waals surface area contributed by atoms with Crippen molar-refractivity contribution in [1.29, 1.82) is 0 Å². The van der Waals surface area contributed by atoms with Crippen LogP contribution in [0.1, 0.15) is 49.3 Å². The molecule has 108 valence electrons. The predicted octanol–water partition coefficient (Wildman–Crippen LogP) is 3.25. The van der Waals surface area contributed by atoms with Crippen molar-refractivity contribution in [3.63, 3.8) is 0 Å². The molecule has 0 saturated carbocycles. The minimum atomic E-state index is -0.620. The van der Waals surface area contributed by atoms with E-state index >= 15 is 0 Å². The summed E-state index contributed by atoms with van der Waals surface area (Å²) in [6.45, 7) is 1.85. The molecule has 1 fully saturated rings. The summed E-state index contributed by atoms with van der Waals surface area (Å²) in [5, 5.41) is 9.12. The predicted molar refractivity (Wildman–Crippen MR) is 78.7 cm³/mol. The Bertz CT molecular complexity index is 478. The van der Waals surface area contributed by atoms with Gasteiger partial charge < -0.3 is 5.11 Å². The Morgan fingerprint density at radius 1 is 1.10 bits per heavy atom. The largest absolute Gasteiger partial charge is 0.481 e. The molecule has 1 atom stereocenters. The second kappa shape index (κ2) is 5.96. The van der Waals surface area contributed by atoms with Gasteiger partial charge in [0, 0.05) is 6.04 Å². The molecule has 1 aliphatic heterocycles. The second-order valence-corrected chi connectivity index (χ2v) is 6.11. The zero-order valence-corrected chi connectivity index (χ0v) is 11.9. The van der Waals surface area contributed by atoms with Crippen molar-refractivity contribution in [3.8, 4) is 0 Å². The van der Waals surface area contributed by atoms with Crippen LogP contribution in [-0.4, -0.2) is 29.1 Å². The van der Waals surface area contributed by atoms with Crippen LogP contribution in [0.15, 0.2) is 24.3 Å². The van der Waals surface area contributed by atoms with Crippen molar-refractivity contribution in [3.05, 3.63) is 35.4 Å². The number of aliphatic carboxylic acids is 1. The van der Waals surface area contributed by atoms with Gasteiger partial charge in [-0.3, -0.25) is 9.69 Å². The second-order valence-electron chi connectivity index (χ2n) is 6.11. The lowest BCUT2D eigenvalue weighted by Crippen LogP contribution is -2.38. The van der Waals surface area contributed by atoms with Crippen LogP contribution >= 0.6 is 0 Å². The summed E-state index contributed by atoms with van der Waals surface area (Å²) in [7, 11) is 0. The molecule has 2 aliphatic rings. The molecule has 1 heterocycles. The number of rotatable bonds is 2. The highest BCUT2D eigenvalue weighted by Gasteiger charge is 2.30. The van der Waals surface area contributed by atoms with Gasteiger partial charge in [0.2, 0.25) is 0 Å². The van der Waals surface area contributed by atoms with E-state index < -0.39 is 5.97 Å². The number of benzene rings is 1. The molecule has 1 aliphatic carbocycles. The lowest BCUT2D eigenvalue weighted by molar-refractivity contribution is -0.143. The lowest BCUT2D eigenvalue weighted by Gasteiger charge is -2.37. The molecular weight excluding hydrogens is 250 g/mol. The molecular formula is C17H23NO2. The van der Waals surface area contributed by atoms with Crippen LogP contribution in [0.5, 0.6) is 0 Å². The third kappa shape index (κ3) is 2.73. The van der Waals surface area contributed by atoms with E-state index in [4.69, 9.17) is 5.11 Å². The minimum absolute atomic E-state index is 0.132. The van der Waals surface area contributed by atoms with Crippen molar-refractivity contribution in [2.75, 3.05) is 13.1 Å². The Morgan fingerprint density at radius 2 is 1.85 bits per heavy atom. The standard InChI is InChI=1S/C17H23NO2/c19-17(20)14-9-11-18(12-10-14)16-8-4-2-6-13-5-1-3-7-15(13)16/h1,3,5,7,14,16H,2,4,6,8-12H2,(H,19,20). The van der Waals surface area contributed by atoms with E-state index in [-0.39, 0.29) is 5.92 Å². The van der Waals surface area contributed by atoms with Crippen LogP contribution in [0.2, 0.25) is 0 Å². The normalized spacial score (nSPS) is 24.9. The van der Waals surface area contributed by atoms with Crippen molar-refractivity contribution in [2.24, 2.45) is 5.92 Å². The molecule has 0 aromatic heterocycles. The number of likely N-dealkylation sites (tertiary alicyclic amines) is 1. The van der Waals surface area contributed by atoms with Crippen molar-refractivity contribution in [2.45, 2.75) is 44.6 Å². The third-order valence-electron chi connectivity index (χ3n) is 4.91. The van der Waals surface area contributed by atoms with E-state index in [0.717, 1.165) is 25.9 Å². The number of hydrogen-bond acceptors (Lipinski definition) is 2. The number of fused-ring (bicyclic) bond motifs is 1. The molecule has 1 aromatic rings. The summed E-state index contributed by atoms with van der Waals surface area (Å²) in [4.78, 5) is 13.6. The summed E-state index contributed by atoms with van der Waals surface area (Å²) >= 11 is 0. The first-order valence-corrected chi connectivity index (χ1v) is 7.80. The van der Waals surface area contributed by atoms with Gasteiger partial charge in [0.05, 0.1) is 5.92 Å². The van der Waals surface area contributed by atoms with Gasteiger partial charge in [-0.1, -0.05) is 30.7 Å². The van der Waals surface area contributed by atoms with Crippen molar-refractivity contribution in [1.82, 2.24) is 4.90 Å². The third-order valence-corrected chi connectivity index (χ3v) is 4.91. The van der Waals surface area contributed by atoms with E-state index in [0.29, 0.717) is 6.04 Å². The molecule has 1 N–H and O–H groups in total. The van der Waals surface area contributed by atoms with Crippen LogP contribution in [0.3, 0.4) is 0 Å². The van der Waals surface area contributed by atoms with Gasteiger partial charge in [-0.05, 0) is 56.3 Å². The smallest absolute Gasteiger partial charge is 0.306 e. The maximum atomic E-state index is 11.1. The number of carbonyl (C=O) groups is 1. The molecule has 3 heteroatoms. The number of piperidine rings is 1. The van der Waals surface area contributed by atoms with Crippen molar-refractivity contribution >= 4 is 5.97 Å². The average Bonchev–Trinajstić information content (AvgIpc) is 2.69. The van der Waals surface area contributed by atoms with Crippen LogP contribution in [0.25, 0.3) is 0 Å². The fourth-order valence-corrected chi connectivity index (χ4v) is 3.73. The zero-order chi connectivity index (χ0) is 13.9. The first-order chi connectivity index (χ1) is 9.75. The molecule has 0 radical (unpaired) electrons. The SMILES string of the molecule is O=C(O)C1CCN(C2CCCCc3ccccc32)CC1. The highest BCUT2D eigenvalue weighted by Crippen LogP contribution is 2.35. The van der Waals surface area contributed by atoms with Crippen LogP contribution in [0.4, 0.5) is 0 Å². The fraction of sp³-hybridized carbons (Fsp3) is 0.588. The van der Waals surface area contributed by atoms with Gasteiger partial charge in [-0.2, -0.15) is 0 Å². The van der Waals surface area contributed by atoms with E-state index in [9.17, 15) is 4.79 Å². The molecule has 3 rings (SSSR count). The van der Waals surface area contributed by atoms with Gasteiger partial charge >= 0.3 is 5.97 Å². The highest BCUT2D eigenvalue weighted by molar-refractivity contribution is 5.70. The topological polar surface area (TPSA) is 40.5 Å². The highest BCUT2D eigenvalue weighted by atomic mass is 16.4. The Balaban J connectivity index is 1.76. The molecule has 0 spiro atoms. The minimum Gasteiger partial charge on any atom is -0.481 e. The average molecular weight is 273 g/mol. The summed E-state index contributed by atoms with van der Waals surface area (Å²) in [6, 6.07) is 9.31.